The summed E-state index contributed by atoms with van der Waals surface area (Å²) < 4.78 is 4.26. The van der Waals surface area contributed by atoms with Crippen molar-refractivity contribution in [3.63, 3.8) is 0 Å². The molecule has 0 unspecified atom stereocenters. The molecule has 0 bridgehead atoms. The van der Waals surface area contributed by atoms with Gasteiger partial charge >= 0.3 is 0 Å². The van der Waals surface area contributed by atoms with E-state index in [1.165, 1.54) is 11.5 Å². The normalized spacial score (nSPS) is 11.6. The molecule has 1 heterocycles. The molecule has 0 aliphatic carbocycles. The van der Waals surface area contributed by atoms with Crippen LogP contribution in [-0.2, 0) is 0 Å². The highest BCUT2D eigenvalue weighted by Gasteiger charge is 2.27. The number of rotatable bonds is 4. The van der Waals surface area contributed by atoms with Crippen LogP contribution in [0.2, 0.25) is 0 Å². The lowest BCUT2D eigenvalue weighted by Crippen LogP contribution is -2.44. The zero-order valence-electron chi connectivity index (χ0n) is 11.4. The minimum Gasteiger partial charge on any atom is -0.394 e. The second kappa shape index (κ2) is 5.19. The Morgan fingerprint density at radius 1 is 1.32 bits per heavy atom. The lowest BCUT2D eigenvalue weighted by atomic mass is 10.0. The summed E-state index contributed by atoms with van der Waals surface area (Å²) >= 11 is 1.36. The van der Waals surface area contributed by atoms with Crippen LogP contribution < -0.4 is 10.6 Å². The predicted molar refractivity (Wildman–Crippen MR) is 81.5 cm³/mol. The SMILES string of the molecule is CN(c1snc(N)c1-c1ccccc1)C(C)(C)CO. The van der Waals surface area contributed by atoms with E-state index < -0.39 is 0 Å². The van der Waals surface area contributed by atoms with Crippen molar-refractivity contribution >= 4 is 22.4 Å². The van der Waals surface area contributed by atoms with Crippen molar-refractivity contribution in [1.29, 1.82) is 0 Å². The number of aromatic nitrogens is 1. The number of nitrogens with two attached hydrogens (primary N) is 1. The summed E-state index contributed by atoms with van der Waals surface area (Å²) in [5, 5.41) is 10.5. The van der Waals surface area contributed by atoms with E-state index in [1.54, 1.807) is 0 Å². The van der Waals surface area contributed by atoms with Crippen LogP contribution in [0.1, 0.15) is 13.8 Å². The van der Waals surface area contributed by atoms with Crippen molar-refractivity contribution in [2.75, 3.05) is 24.3 Å². The van der Waals surface area contributed by atoms with Crippen molar-refractivity contribution in [2.24, 2.45) is 0 Å². The second-order valence-electron chi connectivity index (χ2n) is 5.14. The van der Waals surface area contributed by atoms with Gasteiger partial charge in [0.05, 0.1) is 17.7 Å². The molecular weight excluding hydrogens is 258 g/mol. The van der Waals surface area contributed by atoms with Crippen molar-refractivity contribution in [1.82, 2.24) is 4.37 Å². The van der Waals surface area contributed by atoms with Crippen molar-refractivity contribution in [3.05, 3.63) is 30.3 Å². The van der Waals surface area contributed by atoms with E-state index in [4.69, 9.17) is 5.73 Å². The first kappa shape index (κ1) is 13.8. The monoisotopic (exact) mass is 277 g/mol. The molecule has 0 spiro atoms. The molecule has 0 saturated heterocycles. The van der Waals surface area contributed by atoms with Crippen LogP contribution in [0.5, 0.6) is 0 Å². The van der Waals surface area contributed by atoms with E-state index in [-0.39, 0.29) is 12.1 Å². The number of anilines is 2. The van der Waals surface area contributed by atoms with E-state index in [1.807, 2.05) is 56.1 Å². The van der Waals surface area contributed by atoms with Crippen LogP contribution in [0.3, 0.4) is 0 Å². The number of aliphatic hydroxyl groups excluding tert-OH is 1. The van der Waals surface area contributed by atoms with Crippen molar-refractivity contribution in [3.8, 4) is 11.1 Å². The highest BCUT2D eigenvalue weighted by Crippen LogP contribution is 2.40. The maximum atomic E-state index is 9.51. The summed E-state index contributed by atoms with van der Waals surface area (Å²) in [6.07, 6.45) is 0. The average Bonchev–Trinajstić information content (AvgIpc) is 2.80. The molecule has 2 rings (SSSR count). The zero-order chi connectivity index (χ0) is 14.0. The fourth-order valence-corrected chi connectivity index (χ4v) is 2.74. The average molecular weight is 277 g/mol. The van der Waals surface area contributed by atoms with Gasteiger partial charge in [0.2, 0.25) is 0 Å². The van der Waals surface area contributed by atoms with Crippen LogP contribution in [0.4, 0.5) is 10.8 Å². The molecular formula is C14H19N3OS. The molecule has 4 nitrogen and oxygen atoms in total. The van der Waals surface area contributed by atoms with Gasteiger partial charge in [-0.05, 0) is 30.9 Å². The Balaban J connectivity index is 2.50. The third-order valence-corrected chi connectivity index (χ3v) is 4.30. The van der Waals surface area contributed by atoms with Gasteiger partial charge in [0, 0.05) is 7.05 Å². The van der Waals surface area contributed by atoms with E-state index in [0.717, 1.165) is 16.1 Å². The topological polar surface area (TPSA) is 62.4 Å². The number of hydrogen-bond acceptors (Lipinski definition) is 5. The maximum Gasteiger partial charge on any atom is 0.147 e. The van der Waals surface area contributed by atoms with Crippen LogP contribution in [0, 0.1) is 0 Å². The highest BCUT2D eigenvalue weighted by molar-refractivity contribution is 7.11. The third kappa shape index (κ3) is 2.57. The zero-order valence-corrected chi connectivity index (χ0v) is 12.2. The first-order chi connectivity index (χ1) is 8.97. The molecule has 0 radical (unpaired) electrons. The molecule has 102 valence electrons. The van der Waals surface area contributed by atoms with Crippen LogP contribution in [-0.4, -0.2) is 28.7 Å². The molecule has 1 aromatic carbocycles. The number of hydrogen-bond donors (Lipinski definition) is 2. The molecule has 0 atom stereocenters. The molecule has 19 heavy (non-hydrogen) atoms. The smallest absolute Gasteiger partial charge is 0.147 e. The highest BCUT2D eigenvalue weighted by atomic mass is 32.1. The van der Waals surface area contributed by atoms with Crippen molar-refractivity contribution < 1.29 is 5.11 Å². The Labute approximate surface area is 117 Å². The molecule has 0 aliphatic heterocycles. The molecule has 0 saturated carbocycles. The van der Waals surface area contributed by atoms with Gasteiger partial charge in [0.15, 0.2) is 0 Å². The van der Waals surface area contributed by atoms with E-state index in [0.29, 0.717) is 5.82 Å². The summed E-state index contributed by atoms with van der Waals surface area (Å²) in [6, 6.07) is 9.97. The number of nitrogen functional groups attached to an aromatic ring is 1. The Kier molecular flexibility index (Phi) is 3.78. The lowest BCUT2D eigenvalue weighted by molar-refractivity contribution is 0.217. The van der Waals surface area contributed by atoms with Gasteiger partial charge in [-0.25, -0.2) is 0 Å². The first-order valence-corrected chi connectivity index (χ1v) is 6.90. The lowest BCUT2D eigenvalue weighted by Gasteiger charge is -2.35. The second-order valence-corrected chi connectivity index (χ2v) is 5.90. The minimum absolute atomic E-state index is 0.0650. The number of likely N-dealkylation sites (N-methyl/N-ethyl adjacent to an activating group) is 1. The molecule has 1 aromatic heterocycles. The van der Waals surface area contributed by atoms with Crippen LogP contribution in [0.15, 0.2) is 30.3 Å². The van der Waals surface area contributed by atoms with Gasteiger partial charge in [-0.1, -0.05) is 30.3 Å². The van der Waals surface area contributed by atoms with Gasteiger partial charge in [-0.15, -0.1) is 0 Å². The van der Waals surface area contributed by atoms with Crippen LogP contribution in [0.25, 0.3) is 11.1 Å². The number of benzene rings is 1. The summed E-state index contributed by atoms with van der Waals surface area (Å²) in [4.78, 5) is 2.03. The number of nitrogens with zero attached hydrogens (tertiary/aromatic N) is 2. The molecule has 2 aromatic rings. The van der Waals surface area contributed by atoms with Crippen molar-refractivity contribution in [2.45, 2.75) is 19.4 Å². The molecule has 0 fully saturated rings. The molecule has 5 heteroatoms. The Morgan fingerprint density at radius 3 is 2.53 bits per heavy atom. The quantitative estimate of drug-likeness (QED) is 0.901. The van der Waals surface area contributed by atoms with Gasteiger partial charge < -0.3 is 15.7 Å². The Hall–Kier alpha value is -1.59. The van der Waals surface area contributed by atoms with E-state index in [2.05, 4.69) is 4.37 Å². The minimum atomic E-state index is -0.359. The summed E-state index contributed by atoms with van der Waals surface area (Å²) in [6.45, 7) is 4.03. The van der Waals surface area contributed by atoms with Gasteiger partial charge in [-0.2, -0.15) is 4.37 Å². The predicted octanol–water partition coefficient (Wildman–Crippen LogP) is 2.60. The fraction of sp³-hybridized carbons (Fsp3) is 0.357. The molecule has 0 aliphatic rings. The Morgan fingerprint density at radius 2 is 1.95 bits per heavy atom. The first-order valence-electron chi connectivity index (χ1n) is 6.12. The van der Waals surface area contributed by atoms with Gasteiger partial charge in [0.25, 0.3) is 0 Å². The largest absolute Gasteiger partial charge is 0.394 e. The summed E-state index contributed by atoms with van der Waals surface area (Å²) in [5.41, 5.74) is 7.63. The van der Waals surface area contributed by atoms with E-state index in [9.17, 15) is 5.11 Å². The van der Waals surface area contributed by atoms with Gasteiger partial charge in [-0.3, -0.25) is 0 Å². The maximum absolute atomic E-state index is 9.51. The standard InChI is InChI=1S/C14H19N3OS/c1-14(2,9-18)17(3)13-11(12(15)16-19-13)10-7-5-4-6-8-10/h4-8,18H,9H2,1-3H3,(H2,15,16). The molecule has 3 N–H and O–H groups in total. The Bertz CT molecular complexity index is 551. The third-order valence-electron chi connectivity index (χ3n) is 3.36. The van der Waals surface area contributed by atoms with E-state index >= 15 is 0 Å². The summed E-state index contributed by atoms with van der Waals surface area (Å²) in [5.74, 6) is 0.534. The summed E-state index contributed by atoms with van der Waals surface area (Å²) in [7, 11) is 1.95. The molecule has 0 amide bonds. The number of aliphatic hydroxyl groups is 1. The van der Waals surface area contributed by atoms with Gasteiger partial charge in [0.1, 0.15) is 10.8 Å². The van der Waals surface area contributed by atoms with Crippen LogP contribution >= 0.6 is 11.5 Å². The fourth-order valence-electron chi connectivity index (χ4n) is 1.78.